The Morgan fingerprint density at radius 2 is 2.30 bits per heavy atom. The number of rotatable bonds is 2. The number of H-pyrrole nitrogens is 1. The van der Waals surface area contributed by atoms with Crippen LogP contribution in [-0.4, -0.2) is 56.1 Å². The fourth-order valence-electron chi connectivity index (χ4n) is 2.62. The molecule has 118 valence electrons. The van der Waals surface area contributed by atoms with E-state index in [4.69, 9.17) is 9.26 Å². The van der Waals surface area contributed by atoms with E-state index in [1.807, 2.05) is 0 Å². The Kier molecular flexibility index (Phi) is 3.23. The van der Waals surface area contributed by atoms with E-state index < -0.39 is 11.9 Å². The topological polar surface area (TPSA) is 110 Å². The summed E-state index contributed by atoms with van der Waals surface area (Å²) < 4.78 is 23.9. The van der Waals surface area contributed by atoms with Crippen LogP contribution in [0.4, 0.5) is 4.39 Å². The minimum Gasteiger partial charge on any atom is -0.377 e. The van der Waals surface area contributed by atoms with Gasteiger partial charge in [-0.2, -0.15) is 20.4 Å². The summed E-state index contributed by atoms with van der Waals surface area (Å²) in [5.41, 5.74) is 0.733. The van der Waals surface area contributed by atoms with E-state index in [1.54, 1.807) is 0 Å². The van der Waals surface area contributed by atoms with Gasteiger partial charge in [-0.1, -0.05) is 5.16 Å². The number of aromatic amines is 1. The van der Waals surface area contributed by atoms with Gasteiger partial charge in [0.2, 0.25) is 6.39 Å². The summed E-state index contributed by atoms with van der Waals surface area (Å²) >= 11 is 0. The lowest BCUT2D eigenvalue weighted by atomic mass is 10.1. The summed E-state index contributed by atoms with van der Waals surface area (Å²) in [6.45, 7) is 0.938. The van der Waals surface area contributed by atoms with Crippen molar-refractivity contribution in [2.24, 2.45) is 0 Å². The van der Waals surface area contributed by atoms with E-state index in [0.717, 1.165) is 6.07 Å². The quantitative estimate of drug-likeness (QED) is 0.740. The summed E-state index contributed by atoms with van der Waals surface area (Å²) in [6, 6.07) is 1.86. The fourth-order valence-corrected chi connectivity index (χ4v) is 2.62. The third kappa shape index (κ3) is 2.32. The van der Waals surface area contributed by atoms with Crippen molar-refractivity contribution in [1.29, 1.82) is 0 Å². The maximum Gasteiger partial charge on any atom is 0.257 e. The monoisotopic (exact) mass is 318 g/mol. The Bertz CT molecular complexity index is 849. The van der Waals surface area contributed by atoms with Gasteiger partial charge in [0.1, 0.15) is 22.9 Å². The van der Waals surface area contributed by atoms with Crippen LogP contribution in [0.25, 0.3) is 11.0 Å². The van der Waals surface area contributed by atoms with Crippen molar-refractivity contribution in [1.82, 2.24) is 30.5 Å². The van der Waals surface area contributed by atoms with Crippen molar-refractivity contribution in [3.05, 3.63) is 35.7 Å². The molecule has 0 saturated carbocycles. The molecule has 3 aromatic rings. The molecule has 0 radical (unpaired) electrons. The molecule has 1 aromatic carbocycles. The number of hydrogen-bond acceptors (Lipinski definition) is 7. The van der Waals surface area contributed by atoms with E-state index in [2.05, 4.69) is 25.6 Å². The van der Waals surface area contributed by atoms with Gasteiger partial charge in [-0.3, -0.25) is 4.79 Å². The number of carbonyl (C=O) groups excluding carboxylic acids is 1. The van der Waals surface area contributed by atoms with Crippen molar-refractivity contribution in [3.63, 3.8) is 0 Å². The third-order valence-corrected chi connectivity index (χ3v) is 3.68. The largest absolute Gasteiger partial charge is 0.377 e. The first-order valence-electron chi connectivity index (χ1n) is 6.89. The Morgan fingerprint density at radius 3 is 3.13 bits per heavy atom. The average Bonchev–Trinajstić information content (AvgIpc) is 3.24. The molecular weight excluding hydrogens is 307 g/mol. The van der Waals surface area contributed by atoms with Gasteiger partial charge in [-0.15, -0.1) is 0 Å². The van der Waals surface area contributed by atoms with Crippen molar-refractivity contribution >= 4 is 16.9 Å². The Hall–Kier alpha value is -2.88. The second-order valence-electron chi connectivity index (χ2n) is 5.02. The first-order valence-corrected chi connectivity index (χ1v) is 6.89. The molecule has 1 unspecified atom stereocenters. The molecule has 0 aliphatic carbocycles. The fraction of sp³-hybridized carbons (Fsp3) is 0.308. The Balaban J connectivity index is 1.75. The van der Waals surface area contributed by atoms with Crippen LogP contribution in [0.1, 0.15) is 22.2 Å². The Morgan fingerprint density at radius 1 is 1.39 bits per heavy atom. The predicted octanol–water partition coefficient (Wildman–Crippen LogP) is 0.694. The van der Waals surface area contributed by atoms with Crippen LogP contribution >= 0.6 is 0 Å². The number of aromatic nitrogens is 5. The number of nitrogens with one attached hydrogen (secondary N) is 1. The molecule has 4 rings (SSSR count). The molecule has 1 fully saturated rings. The number of benzene rings is 1. The Labute approximate surface area is 128 Å². The summed E-state index contributed by atoms with van der Waals surface area (Å²) in [5, 5.41) is 13.9. The maximum absolute atomic E-state index is 13.8. The molecule has 1 atom stereocenters. The zero-order chi connectivity index (χ0) is 15.8. The van der Waals surface area contributed by atoms with E-state index in [1.165, 1.54) is 17.4 Å². The molecule has 1 saturated heterocycles. The van der Waals surface area contributed by atoms with E-state index >= 15 is 0 Å². The molecule has 1 N–H and O–H groups in total. The molecule has 3 heterocycles. The van der Waals surface area contributed by atoms with Crippen LogP contribution in [0.15, 0.2) is 23.0 Å². The van der Waals surface area contributed by atoms with E-state index in [9.17, 15) is 9.18 Å². The van der Waals surface area contributed by atoms with Crippen molar-refractivity contribution in [2.45, 2.75) is 6.04 Å². The average molecular weight is 318 g/mol. The van der Waals surface area contributed by atoms with Gasteiger partial charge in [0.25, 0.3) is 5.91 Å². The first-order chi connectivity index (χ1) is 11.2. The van der Waals surface area contributed by atoms with Gasteiger partial charge >= 0.3 is 0 Å². The highest BCUT2D eigenvalue weighted by Crippen LogP contribution is 2.26. The third-order valence-electron chi connectivity index (χ3n) is 3.68. The van der Waals surface area contributed by atoms with Crippen LogP contribution in [0.3, 0.4) is 0 Å². The predicted molar refractivity (Wildman–Crippen MR) is 72.7 cm³/mol. The van der Waals surface area contributed by atoms with Gasteiger partial charge in [0, 0.05) is 12.6 Å². The number of fused-ring (bicyclic) bond motifs is 1. The number of carbonyl (C=O) groups is 1. The van der Waals surface area contributed by atoms with Crippen LogP contribution < -0.4 is 0 Å². The molecule has 1 amide bonds. The zero-order valence-electron chi connectivity index (χ0n) is 11.8. The minimum absolute atomic E-state index is 0.129. The second-order valence-corrected chi connectivity index (χ2v) is 5.02. The summed E-state index contributed by atoms with van der Waals surface area (Å²) in [7, 11) is 0. The van der Waals surface area contributed by atoms with Gasteiger partial charge in [-0.05, 0) is 6.07 Å². The summed E-state index contributed by atoms with van der Waals surface area (Å²) in [6.07, 6.45) is 1.19. The lowest BCUT2D eigenvalue weighted by Gasteiger charge is -2.33. The standard InChI is InChI=1S/C13H11FN6O3/c14-7-3-8(11-9(4-7)16-19-17-11)13(21)20-1-2-22-5-10(20)12-15-6-23-18-12/h3-4,6,10H,1-2,5H2,(H,16,17,19). The smallest absolute Gasteiger partial charge is 0.257 e. The molecule has 0 bridgehead atoms. The van der Waals surface area contributed by atoms with Crippen LogP contribution in [0.2, 0.25) is 0 Å². The van der Waals surface area contributed by atoms with Crippen LogP contribution in [-0.2, 0) is 4.74 Å². The molecule has 10 heteroatoms. The van der Waals surface area contributed by atoms with Gasteiger partial charge < -0.3 is 14.2 Å². The highest BCUT2D eigenvalue weighted by Gasteiger charge is 2.33. The summed E-state index contributed by atoms with van der Waals surface area (Å²) in [4.78, 5) is 18.4. The number of ether oxygens (including phenoxy) is 1. The van der Waals surface area contributed by atoms with Gasteiger partial charge in [-0.25, -0.2) is 4.39 Å². The minimum atomic E-state index is -0.556. The van der Waals surface area contributed by atoms with Gasteiger partial charge in [0.05, 0.1) is 18.8 Å². The molecule has 1 aliphatic heterocycles. The SMILES string of the molecule is O=C(c1cc(F)cc2n[nH]nc12)N1CCOCC1c1ncon1. The molecule has 23 heavy (non-hydrogen) atoms. The summed E-state index contributed by atoms with van der Waals surface area (Å²) in [5.74, 6) is -0.605. The molecule has 9 nitrogen and oxygen atoms in total. The lowest BCUT2D eigenvalue weighted by Crippen LogP contribution is -2.44. The van der Waals surface area contributed by atoms with Crippen molar-refractivity contribution in [3.8, 4) is 0 Å². The van der Waals surface area contributed by atoms with E-state index in [-0.39, 0.29) is 23.6 Å². The first kappa shape index (κ1) is 13.8. The number of morpholine rings is 1. The molecule has 1 aliphatic rings. The van der Waals surface area contributed by atoms with Crippen LogP contribution in [0.5, 0.6) is 0 Å². The van der Waals surface area contributed by atoms with Crippen molar-refractivity contribution in [2.75, 3.05) is 19.8 Å². The van der Waals surface area contributed by atoms with Crippen molar-refractivity contribution < 1.29 is 18.4 Å². The highest BCUT2D eigenvalue weighted by atomic mass is 19.1. The zero-order valence-corrected chi connectivity index (χ0v) is 11.8. The highest BCUT2D eigenvalue weighted by molar-refractivity contribution is 6.04. The van der Waals surface area contributed by atoms with Gasteiger partial charge in [0.15, 0.2) is 5.82 Å². The van der Waals surface area contributed by atoms with Crippen LogP contribution in [0, 0.1) is 5.82 Å². The van der Waals surface area contributed by atoms with E-state index in [0.29, 0.717) is 24.5 Å². The number of halogens is 1. The second kappa shape index (κ2) is 5.39. The molecular formula is C13H11FN6O3. The lowest BCUT2D eigenvalue weighted by molar-refractivity contribution is -0.00569. The normalized spacial score (nSPS) is 18.5. The number of amides is 1. The molecule has 2 aromatic heterocycles. The number of hydrogen-bond donors (Lipinski definition) is 1. The molecule has 0 spiro atoms. The maximum atomic E-state index is 13.8. The number of nitrogens with zero attached hydrogens (tertiary/aromatic N) is 5.